The summed E-state index contributed by atoms with van der Waals surface area (Å²) in [4.78, 5) is 102. The van der Waals surface area contributed by atoms with E-state index in [1.807, 2.05) is 0 Å². The molecule has 0 radical (unpaired) electrons. The molecule has 0 amide bonds. The van der Waals surface area contributed by atoms with Gasteiger partial charge in [0, 0.05) is 20.8 Å². The summed E-state index contributed by atoms with van der Waals surface area (Å²) in [5.74, 6) is -24.6. The van der Waals surface area contributed by atoms with Crippen molar-refractivity contribution in [3.8, 4) is 0 Å². The van der Waals surface area contributed by atoms with Crippen LogP contribution in [0.5, 0.6) is 0 Å². The van der Waals surface area contributed by atoms with E-state index in [0.717, 1.165) is 0 Å². The zero-order chi connectivity index (χ0) is 28.2. The van der Waals surface area contributed by atoms with Crippen molar-refractivity contribution in [3.05, 3.63) is 0 Å². The van der Waals surface area contributed by atoms with E-state index in [0.29, 0.717) is 20.8 Å². The number of rotatable bonds is 9. The molecule has 1 fully saturated rings. The molecule has 200 valence electrons. The maximum atomic E-state index is 13.0. The SMILES string of the molecule is CC(=O)C(=O)OOC(=O)C(=O)C(OC(=O)C(C)=O)(OC(=O)C(C)=O)C1(O)O[C@H](CO)[C@@H](O)[C@H](O)[C@H]1O. The fraction of sp³-hybridized carbons (Fsp3) is 0.556. The van der Waals surface area contributed by atoms with Crippen LogP contribution in [0.1, 0.15) is 20.8 Å². The normalized spacial score (nSPS) is 25.7. The van der Waals surface area contributed by atoms with Crippen LogP contribution in [-0.2, 0) is 62.3 Å². The van der Waals surface area contributed by atoms with Gasteiger partial charge in [0.25, 0.3) is 5.79 Å². The molecule has 0 aromatic heterocycles. The van der Waals surface area contributed by atoms with Gasteiger partial charge in [-0.2, -0.15) is 0 Å². The monoisotopic (exact) mass is 524 g/mol. The predicted octanol–water partition coefficient (Wildman–Crippen LogP) is -5.73. The maximum absolute atomic E-state index is 13.0. The number of aliphatic hydroxyl groups is 5. The number of aliphatic hydroxyl groups excluding tert-OH is 4. The molecule has 5 N–H and O–H groups in total. The summed E-state index contributed by atoms with van der Waals surface area (Å²) < 4.78 is 13.5. The molecular weight excluding hydrogens is 504 g/mol. The Morgan fingerprint density at radius 2 is 1.17 bits per heavy atom. The van der Waals surface area contributed by atoms with Crippen LogP contribution in [0.25, 0.3) is 0 Å². The van der Waals surface area contributed by atoms with Gasteiger partial charge in [-0.05, 0) is 0 Å². The summed E-state index contributed by atoms with van der Waals surface area (Å²) in [6, 6.07) is 0. The number of Topliss-reactive ketones (excluding diaryl/α,β-unsaturated/α-hetero) is 4. The Bertz CT molecular complexity index is 953. The predicted molar refractivity (Wildman–Crippen MR) is 99.1 cm³/mol. The first kappa shape index (κ1) is 30.4. The quantitative estimate of drug-likeness (QED) is 0.0617. The average Bonchev–Trinajstić information content (AvgIpc) is 2.81. The largest absolute Gasteiger partial charge is 0.430 e. The lowest BCUT2D eigenvalue weighted by molar-refractivity contribution is -0.426. The van der Waals surface area contributed by atoms with Crippen molar-refractivity contribution in [2.24, 2.45) is 0 Å². The minimum Gasteiger partial charge on any atom is -0.404 e. The Balaban J connectivity index is 3.84. The Morgan fingerprint density at radius 1 is 0.750 bits per heavy atom. The van der Waals surface area contributed by atoms with Gasteiger partial charge in [0.05, 0.1) is 6.61 Å². The zero-order valence-electron chi connectivity index (χ0n) is 18.6. The van der Waals surface area contributed by atoms with Crippen molar-refractivity contribution in [2.75, 3.05) is 6.61 Å². The molecule has 0 bridgehead atoms. The molecule has 1 saturated heterocycles. The van der Waals surface area contributed by atoms with Gasteiger partial charge in [-0.3, -0.25) is 19.2 Å². The average molecular weight is 524 g/mol. The standard InChI is InChI=1S/C18H20O18/c1-5(20)13(27)33-18(34-14(28)6(2)21,12(26)16(30)36-35-15(29)7(3)22)17(31)11(25)10(24)9(23)8(4-19)32-17/h8-11,19,23-25,31H,4H2,1-3H3/t8-,9-,10+,11-,17?/m1/s1. The highest BCUT2D eigenvalue weighted by Gasteiger charge is 2.74. The molecule has 18 heteroatoms. The Labute approximate surface area is 199 Å². The van der Waals surface area contributed by atoms with Crippen LogP contribution in [0.3, 0.4) is 0 Å². The number of hydrogen-bond donors (Lipinski definition) is 5. The van der Waals surface area contributed by atoms with Crippen LogP contribution in [-0.4, -0.2) is 115 Å². The van der Waals surface area contributed by atoms with E-state index >= 15 is 0 Å². The van der Waals surface area contributed by atoms with E-state index in [2.05, 4.69) is 19.2 Å². The third-order valence-electron chi connectivity index (χ3n) is 4.45. The van der Waals surface area contributed by atoms with Gasteiger partial charge < -0.3 is 39.7 Å². The van der Waals surface area contributed by atoms with Gasteiger partial charge in [0.1, 0.15) is 24.4 Å². The smallest absolute Gasteiger partial charge is 0.404 e. The number of hydrogen-bond acceptors (Lipinski definition) is 18. The van der Waals surface area contributed by atoms with E-state index in [1.54, 1.807) is 0 Å². The number of ketones is 4. The van der Waals surface area contributed by atoms with Crippen LogP contribution in [0.2, 0.25) is 0 Å². The minimum atomic E-state index is -4.44. The molecular formula is C18H20O18. The first-order valence-corrected chi connectivity index (χ1v) is 9.48. The lowest BCUT2D eigenvalue weighted by Crippen LogP contribution is -2.78. The highest BCUT2D eigenvalue weighted by Crippen LogP contribution is 2.41. The van der Waals surface area contributed by atoms with E-state index in [9.17, 15) is 63.9 Å². The number of carbonyl (C=O) groups is 8. The van der Waals surface area contributed by atoms with Gasteiger partial charge in [-0.15, -0.1) is 0 Å². The van der Waals surface area contributed by atoms with Crippen LogP contribution in [0.15, 0.2) is 0 Å². The third-order valence-corrected chi connectivity index (χ3v) is 4.45. The van der Waals surface area contributed by atoms with E-state index < -0.39 is 89.6 Å². The minimum absolute atomic E-state index is 0.509. The zero-order valence-corrected chi connectivity index (χ0v) is 18.6. The van der Waals surface area contributed by atoms with Crippen molar-refractivity contribution in [1.82, 2.24) is 0 Å². The van der Waals surface area contributed by atoms with Gasteiger partial charge in [-0.25, -0.2) is 29.0 Å². The second-order valence-electron chi connectivity index (χ2n) is 7.10. The van der Waals surface area contributed by atoms with Crippen molar-refractivity contribution in [3.63, 3.8) is 0 Å². The maximum Gasteiger partial charge on any atom is 0.430 e. The lowest BCUT2D eigenvalue weighted by Gasteiger charge is -2.50. The van der Waals surface area contributed by atoms with Crippen molar-refractivity contribution in [2.45, 2.75) is 56.8 Å². The molecule has 0 aromatic rings. The second-order valence-corrected chi connectivity index (χ2v) is 7.10. The summed E-state index contributed by atoms with van der Waals surface area (Å²) >= 11 is 0. The fourth-order valence-corrected chi connectivity index (χ4v) is 2.56. The van der Waals surface area contributed by atoms with Crippen molar-refractivity contribution in [1.29, 1.82) is 0 Å². The Hall–Kier alpha value is -3.68. The van der Waals surface area contributed by atoms with Gasteiger partial charge in [0.2, 0.25) is 17.3 Å². The first-order chi connectivity index (χ1) is 16.5. The van der Waals surface area contributed by atoms with Crippen molar-refractivity contribution < 1.29 is 87.9 Å². The second kappa shape index (κ2) is 11.4. The molecule has 1 unspecified atom stereocenters. The van der Waals surface area contributed by atoms with Gasteiger partial charge in [-0.1, -0.05) is 0 Å². The van der Waals surface area contributed by atoms with Crippen molar-refractivity contribution >= 4 is 47.0 Å². The number of carbonyl (C=O) groups excluding carboxylic acids is 8. The third kappa shape index (κ3) is 5.75. The molecule has 1 aliphatic heterocycles. The Morgan fingerprint density at radius 3 is 1.56 bits per heavy atom. The van der Waals surface area contributed by atoms with Gasteiger partial charge in [0.15, 0.2) is 0 Å². The molecule has 0 saturated carbocycles. The van der Waals surface area contributed by atoms with E-state index in [4.69, 9.17) is 4.74 Å². The van der Waals surface area contributed by atoms with E-state index in [1.165, 1.54) is 0 Å². The van der Waals surface area contributed by atoms with Crippen LogP contribution in [0.4, 0.5) is 0 Å². The molecule has 1 rings (SSSR count). The molecule has 0 aromatic carbocycles. The summed E-state index contributed by atoms with van der Waals surface area (Å²) in [6.07, 6.45) is -10.1. The van der Waals surface area contributed by atoms with Gasteiger partial charge >= 0.3 is 35.4 Å². The molecule has 0 spiro atoms. The molecule has 18 nitrogen and oxygen atoms in total. The number of esters is 2. The van der Waals surface area contributed by atoms with Crippen LogP contribution in [0, 0.1) is 0 Å². The molecule has 36 heavy (non-hydrogen) atoms. The number of ether oxygens (including phenoxy) is 3. The highest BCUT2D eigenvalue weighted by molar-refractivity contribution is 6.40. The molecule has 0 aliphatic carbocycles. The Kier molecular flexibility index (Phi) is 9.59. The highest BCUT2D eigenvalue weighted by atomic mass is 17.2. The molecule has 5 atom stereocenters. The first-order valence-electron chi connectivity index (χ1n) is 9.48. The summed E-state index contributed by atoms with van der Waals surface area (Å²) in [5, 5.41) is 50.8. The topological polar surface area (TPSA) is 284 Å². The summed E-state index contributed by atoms with van der Waals surface area (Å²) in [5.41, 5.74) is 0. The van der Waals surface area contributed by atoms with Crippen LogP contribution >= 0.6 is 0 Å². The summed E-state index contributed by atoms with van der Waals surface area (Å²) in [7, 11) is 0. The molecule has 1 aliphatic rings. The summed E-state index contributed by atoms with van der Waals surface area (Å²) in [6.45, 7) is 0.352. The molecule has 1 heterocycles. The fourth-order valence-electron chi connectivity index (χ4n) is 2.56. The van der Waals surface area contributed by atoms with E-state index in [-0.39, 0.29) is 0 Å². The van der Waals surface area contributed by atoms with Crippen LogP contribution < -0.4 is 0 Å². The lowest BCUT2D eigenvalue weighted by atomic mass is 9.85.